The Hall–Kier alpha value is -6.44. The molecule has 0 saturated carbocycles. The molecule has 1 heteroatoms. The SMILES string of the molecule is Cc1ccc(N(c2ccccc2)c2c3c(cc(-c4ccccc4)c2-c2ccccc2)-c2ccccc2C3)c(-c2cccc3c2Cc2ccccc2-3)c1C. The molecule has 0 aliphatic heterocycles. The highest BCUT2D eigenvalue weighted by molar-refractivity contribution is 6.05. The lowest BCUT2D eigenvalue weighted by Gasteiger charge is -2.34. The van der Waals surface area contributed by atoms with Gasteiger partial charge in [-0.25, -0.2) is 0 Å². The van der Waals surface area contributed by atoms with E-state index in [1.165, 1.54) is 100 Å². The van der Waals surface area contributed by atoms with Gasteiger partial charge in [0.2, 0.25) is 0 Å². The largest absolute Gasteiger partial charge is 0.309 e. The Kier molecular flexibility index (Phi) is 7.47. The summed E-state index contributed by atoms with van der Waals surface area (Å²) in [7, 11) is 0. The van der Waals surface area contributed by atoms with E-state index in [1.807, 2.05) is 0 Å². The zero-order valence-electron chi connectivity index (χ0n) is 30.1. The van der Waals surface area contributed by atoms with Gasteiger partial charge in [0.25, 0.3) is 0 Å². The second kappa shape index (κ2) is 12.7. The smallest absolute Gasteiger partial charge is 0.0588 e. The van der Waals surface area contributed by atoms with Crippen molar-refractivity contribution in [1.82, 2.24) is 0 Å². The van der Waals surface area contributed by atoms with E-state index in [2.05, 4.69) is 195 Å². The molecule has 2 aliphatic carbocycles. The van der Waals surface area contributed by atoms with Crippen LogP contribution in [-0.2, 0) is 12.8 Å². The summed E-state index contributed by atoms with van der Waals surface area (Å²) in [6.45, 7) is 4.57. The predicted molar refractivity (Wildman–Crippen MR) is 223 cm³/mol. The molecule has 10 rings (SSSR count). The average molecular weight is 678 g/mol. The molecule has 8 aromatic rings. The van der Waals surface area contributed by atoms with Crippen LogP contribution in [0.3, 0.4) is 0 Å². The van der Waals surface area contributed by atoms with Gasteiger partial charge in [0.15, 0.2) is 0 Å². The zero-order valence-corrected chi connectivity index (χ0v) is 30.1. The fraction of sp³-hybridized carbons (Fsp3) is 0.0769. The van der Waals surface area contributed by atoms with Crippen molar-refractivity contribution in [3.63, 3.8) is 0 Å². The van der Waals surface area contributed by atoms with Gasteiger partial charge in [-0.05, 0) is 122 Å². The molecule has 53 heavy (non-hydrogen) atoms. The number of aryl methyl sites for hydroxylation is 1. The standard InChI is InChI=1S/C52H39N/c1-34-29-30-49(50(35(34)2)44-28-16-27-43-41-25-14-12-21-38(41)31-46(43)44)53(40-23-10-5-11-24-40)52-48-32-39-22-13-15-26-42(39)47(48)33-45(36-17-6-3-7-18-36)51(52)37-19-8-4-9-20-37/h3-30,33H,31-32H2,1-2H3. The van der Waals surface area contributed by atoms with E-state index >= 15 is 0 Å². The number of para-hydroxylation sites is 1. The summed E-state index contributed by atoms with van der Waals surface area (Å²) in [5.41, 5.74) is 24.6. The lowest BCUT2D eigenvalue weighted by molar-refractivity contribution is 1.19. The fourth-order valence-corrected chi connectivity index (χ4v) is 8.93. The second-order valence-corrected chi connectivity index (χ2v) is 14.5. The van der Waals surface area contributed by atoms with Gasteiger partial charge >= 0.3 is 0 Å². The first kappa shape index (κ1) is 31.3. The van der Waals surface area contributed by atoms with Gasteiger partial charge < -0.3 is 4.90 Å². The van der Waals surface area contributed by atoms with Crippen LogP contribution in [0.4, 0.5) is 17.1 Å². The molecule has 2 aliphatic rings. The Morgan fingerprint density at radius 3 is 1.64 bits per heavy atom. The van der Waals surface area contributed by atoms with Gasteiger partial charge in [-0.15, -0.1) is 0 Å². The number of nitrogens with zero attached hydrogens (tertiary/aromatic N) is 1. The topological polar surface area (TPSA) is 3.24 Å². The highest BCUT2D eigenvalue weighted by Gasteiger charge is 2.33. The quantitative estimate of drug-likeness (QED) is 0.169. The van der Waals surface area contributed by atoms with E-state index in [-0.39, 0.29) is 0 Å². The van der Waals surface area contributed by atoms with Gasteiger partial charge in [-0.3, -0.25) is 0 Å². The molecule has 0 aromatic heterocycles. The number of rotatable bonds is 6. The van der Waals surface area contributed by atoms with Crippen molar-refractivity contribution in [3.05, 3.63) is 209 Å². The van der Waals surface area contributed by atoms with Gasteiger partial charge in [-0.1, -0.05) is 152 Å². The van der Waals surface area contributed by atoms with Crippen LogP contribution in [0.2, 0.25) is 0 Å². The number of anilines is 3. The minimum Gasteiger partial charge on any atom is -0.309 e. The maximum absolute atomic E-state index is 2.60. The van der Waals surface area contributed by atoms with Crippen LogP contribution < -0.4 is 4.90 Å². The number of fused-ring (bicyclic) bond motifs is 6. The number of hydrogen-bond donors (Lipinski definition) is 0. The average Bonchev–Trinajstić information content (AvgIpc) is 3.79. The summed E-state index contributed by atoms with van der Waals surface area (Å²) in [6, 6.07) is 65.1. The first-order chi connectivity index (χ1) is 26.2. The molecule has 0 unspecified atom stereocenters. The summed E-state index contributed by atoms with van der Waals surface area (Å²) < 4.78 is 0. The lowest BCUT2D eigenvalue weighted by atomic mass is 9.85. The molecule has 0 atom stereocenters. The van der Waals surface area contributed by atoms with E-state index in [4.69, 9.17) is 0 Å². The Morgan fingerprint density at radius 1 is 0.396 bits per heavy atom. The Bertz CT molecular complexity index is 2670. The first-order valence-corrected chi connectivity index (χ1v) is 18.7. The van der Waals surface area contributed by atoms with Crippen LogP contribution in [0, 0.1) is 13.8 Å². The van der Waals surface area contributed by atoms with E-state index in [0.717, 1.165) is 18.5 Å². The summed E-state index contributed by atoms with van der Waals surface area (Å²) >= 11 is 0. The van der Waals surface area contributed by atoms with E-state index in [0.29, 0.717) is 0 Å². The maximum atomic E-state index is 2.60. The molecule has 1 nitrogen and oxygen atoms in total. The molecule has 0 bridgehead atoms. The highest BCUT2D eigenvalue weighted by Crippen LogP contribution is 2.56. The van der Waals surface area contributed by atoms with Gasteiger partial charge in [0.05, 0.1) is 11.4 Å². The van der Waals surface area contributed by atoms with Crippen LogP contribution in [-0.4, -0.2) is 0 Å². The van der Waals surface area contributed by atoms with Crippen molar-refractivity contribution in [2.24, 2.45) is 0 Å². The van der Waals surface area contributed by atoms with Crippen molar-refractivity contribution in [2.75, 3.05) is 4.90 Å². The molecule has 0 spiro atoms. The van der Waals surface area contributed by atoms with Crippen molar-refractivity contribution in [3.8, 4) is 55.6 Å². The third-order valence-corrected chi connectivity index (χ3v) is 11.5. The van der Waals surface area contributed by atoms with E-state index in [1.54, 1.807) is 0 Å². The number of benzene rings is 8. The second-order valence-electron chi connectivity index (χ2n) is 14.5. The molecule has 0 radical (unpaired) electrons. The first-order valence-electron chi connectivity index (χ1n) is 18.7. The Balaban J connectivity index is 1.34. The summed E-state index contributed by atoms with van der Waals surface area (Å²) in [4.78, 5) is 2.60. The molecule has 0 saturated heterocycles. The van der Waals surface area contributed by atoms with Crippen molar-refractivity contribution >= 4 is 17.1 Å². The molecule has 0 fully saturated rings. The Morgan fingerprint density at radius 2 is 0.943 bits per heavy atom. The van der Waals surface area contributed by atoms with E-state index in [9.17, 15) is 0 Å². The van der Waals surface area contributed by atoms with Crippen LogP contribution in [0.1, 0.15) is 33.4 Å². The zero-order chi connectivity index (χ0) is 35.5. The molecule has 0 heterocycles. The van der Waals surface area contributed by atoms with Crippen LogP contribution in [0.25, 0.3) is 55.6 Å². The van der Waals surface area contributed by atoms with Crippen LogP contribution in [0.15, 0.2) is 176 Å². The fourth-order valence-electron chi connectivity index (χ4n) is 8.93. The summed E-state index contributed by atoms with van der Waals surface area (Å²) in [5.74, 6) is 0. The van der Waals surface area contributed by atoms with Gasteiger partial charge in [0, 0.05) is 23.2 Å². The van der Waals surface area contributed by atoms with Crippen molar-refractivity contribution < 1.29 is 0 Å². The van der Waals surface area contributed by atoms with Crippen molar-refractivity contribution in [2.45, 2.75) is 26.7 Å². The third kappa shape index (κ3) is 5.07. The normalized spacial score (nSPS) is 12.2. The van der Waals surface area contributed by atoms with Gasteiger partial charge in [-0.2, -0.15) is 0 Å². The maximum Gasteiger partial charge on any atom is 0.0588 e. The van der Waals surface area contributed by atoms with Crippen LogP contribution in [0.5, 0.6) is 0 Å². The van der Waals surface area contributed by atoms with Crippen LogP contribution >= 0.6 is 0 Å². The summed E-state index contributed by atoms with van der Waals surface area (Å²) in [5, 5.41) is 0. The molecular weight excluding hydrogens is 639 g/mol. The molecule has 252 valence electrons. The molecule has 0 amide bonds. The molecular formula is C52H39N. The summed E-state index contributed by atoms with van der Waals surface area (Å²) in [6.07, 6.45) is 1.80. The van der Waals surface area contributed by atoms with Crippen molar-refractivity contribution in [1.29, 1.82) is 0 Å². The van der Waals surface area contributed by atoms with E-state index < -0.39 is 0 Å². The third-order valence-electron chi connectivity index (χ3n) is 11.5. The Labute approximate surface area is 312 Å². The molecule has 0 N–H and O–H groups in total. The molecule has 8 aromatic carbocycles. The lowest BCUT2D eigenvalue weighted by Crippen LogP contribution is -2.16. The predicted octanol–water partition coefficient (Wildman–Crippen LogP) is 13.9. The minimum absolute atomic E-state index is 0.870. The monoisotopic (exact) mass is 677 g/mol. The number of hydrogen-bond acceptors (Lipinski definition) is 1. The highest BCUT2D eigenvalue weighted by atomic mass is 15.2. The van der Waals surface area contributed by atoms with Gasteiger partial charge in [0.1, 0.15) is 0 Å². The minimum atomic E-state index is 0.870.